The standard InChI is InChI=1S/C15H14Cl2FNO/c1-9(10-6-7-12(18)14(8-10)20-2)19-13-5-3-4-11(16)15(13)17/h3-9,19H,1-2H3. The van der Waals surface area contributed by atoms with Crippen LogP contribution in [0.15, 0.2) is 36.4 Å². The summed E-state index contributed by atoms with van der Waals surface area (Å²) in [6.45, 7) is 1.95. The van der Waals surface area contributed by atoms with E-state index in [9.17, 15) is 4.39 Å². The Hall–Kier alpha value is -1.45. The normalized spacial score (nSPS) is 12.1. The largest absolute Gasteiger partial charge is 0.494 e. The predicted molar refractivity (Wildman–Crippen MR) is 81.5 cm³/mol. The van der Waals surface area contributed by atoms with E-state index in [1.165, 1.54) is 13.2 Å². The lowest BCUT2D eigenvalue weighted by atomic mass is 10.1. The molecular formula is C15H14Cl2FNO. The van der Waals surface area contributed by atoms with Crippen LogP contribution in [0.5, 0.6) is 5.75 Å². The Morgan fingerprint density at radius 1 is 1.20 bits per heavy atom. The Kier molecular flexibility index (Phi) is 4.73. The minimum atomic E-state index is -0.385. The van der Waals surface area contributed by atoms with Crippen molar-refractivity contribution in [3.05, 3.63) is 57.8 Å². The molecule has 0 saturated heterocycles. The summed E-state index contributed by atoms with van der Waals surface area (Å²) < 4.78 is 18.4. The molecule has 2 nitrogen and oxygen atoms in total. The first-order valence-corrected chi connectivity index (χ1v) is 6.82. The van der Waals surface area contributed by atoms with Crippen LogP contribution in [-0.4, -0.2) is 7.11 Å². The number of halogens is 3. The summed E-state index contributed by atoms with van der Waals surface area (Å²) >= 11 is 12.1. The Bertz CT molecular complexity index is 619. The van der Waals surface area contributed by atoms with Crippen LogP contribution in [0.25, 0.3) is 0 Å². The van der Waals surface area contributed by atoms with Crippen molar-refractivity contribution in [2.45, 2.75) is 13.0 Å². The molecule has 0 saturated carbocycles. The molecule has 5 heteroatoms. The molecule has 1 unspecified atom stereocenters. The number of ether oxygens (including phenoxy) is 1. The van der Waals surface area contributed by atoms with Crippen molar-refractivity contribution >= 4 is 28.9 Å². The first-order valence-electron chi connectivity index (χ1n) is 6.07. The van der Waals surface area contributed by atoms with Crippen molar-refractivity contribution in [2.75, 3.05) is 12.4 Å². The molecule has 1 N–H and O–H groups in total. The van der Waals surface area contributed by atoms with E-state index < -0.39 is 0 Å². The van der Waals surface area contributed by atoms with Gasteiger partial charge in [0.05, 0.1) is 22.8 Å². The topological polar surface area (TPSA) is 21.3 Å². The van der Waals surface area contributed by atoms with Crippen molar-refractivity contribution in [3.8, 4) is 5.75 Å². The fourth-order valence-corrected chi connectivity index (χ4v) is 2.23. The lowest BCUT2D eigenvalue weighted by molar-refractivity contribution is 0.385. The van der Waals surface area contributed by atoms with Crippen LogP contribution in [0, 0.1) is 5.82 Å². The molecule has 20 heavy (non-hydrogen) atoms. The van der Waals surface area contributed by atoms with E-state index in [4.69, 9.17) is 27.9 Å². The SMILES string of the molecule is COc1cc(C(C)Nc2cccc(Cl)c2Cl)ccc1F. The molecule has 0 aromatic heterocycles. The number of hydrogen-bond acceptors (Lipinski definition) is 2. The number of nitrogens with one attached hydrogen (secondary N) is 1. The van der Waals surface area contributed by atoms with Crippen LogP contribution in [-0.2, 0) is 0 Å². The first-order chi connectivity index (χ1) is 9.52. The molecule has 0 amide bonds. The Labute approximate surface area is 127 Å². The summed E-state index contributed by atoms with van der Waals surface area (Å²) in [5.41, 5.74) is 1.62. The van der Waals surface area contributed by atoms with Gasteiger partial charge < -0.3 is 10.1 Å². The van der Waals surface area contributed by atoms with E-state index in [2.05, 4.69) is 5.32 Å². The van der Waals surface area contributed by atoms with Crippen molar-refractivity contribution in [1.82, 2.24) is 0 Å². The van der Waals surface area contributed by atoms with Gasteiger partial charge in [0.25, 0.3) is 0 Å². The van der Waals surface area contributed by atoms with Crippen LogP contribution >= 0.6 is 23.2 Å². The molecule has 0 heterocycles. The zero-order valence-electron chi connectivity index (χ0n) is 11.1. The third-order valence-electron chi connectivity index (χ3n) is 3.00. The van der Waals surface area contributed by atoms with Crippen LogP contribution in [0.3, 0.4) is 0 Å². The van der Waals surface area contributed by atoms with E-state index in [-0.39, 0.29) is 17.6 Å². The highest BCUT2D eigenvalue weighted by Crippen LogP contribution is 2.32. The van der Waals surface area contributed by atoms with Gasteiger partial charge in [0, 0.05) is 6.04 Å². The fourth-order valence-electron chi connectivity index (χ4n) is 1.88. The van der Waals surface area contributed by atoms with Crippen molar-refractivity contribution in [1.29, 1.82) is 0 Å². The van der Waals surface area contributed by atoms with Crippen LogP contribution in [0.1, 0.15) is 18.5 Å². The smallest absolute Gasteiger partial charge is 0.165 e. The maximum atomic E-state index is 13.4. The average molecular weight is 314 g/mol. The van der Waals surface area contributed by atoms with E-state index >= 15 is 0 Å². The van der Waals surface area contributed by atoms with Crippen molar-refractivity contribution < 1.29 is 9.13 Å². The molecule has 0 spiro atoms. The van der Waals surface area contributed by atoms with Gasteiger partial charge in [-0.25, -0.2) is 4.39 Å². The van der Waals surface area contributed by atoms with Crippen molar-refractivity contribution in [3.63, 3.8) is 0 Å². The summed E-state index contributed by atoms with van der Waals surface area (Å²) in [5.74, 6) is -0.169. The molecule has 0 radical (unpaired) electrons. The van der Waals surface area contributed by atoms with Gasteiger partial charge in [-0.3, -0.25) is 0 Å². The molecular weight excluding hydrogens is 300 g/mol. The highest BCUT2D eigenvalue weighted by molar-refractivity contribution is 6.43. The second kappa shape index (κ2) is 6.33. The van der Waals surface area contributed by atoms with Gasteiger partial charge in [-0.05, 0) is 36.8 Å². The number of rotatable bonds is 4. The van der Waals surface area contributed by atoms with Crippen LogP contribution in [0.4, 0.5) is 10.1 Å². The summed E-state index contributed by atoms with van der Waals surface area (Å²) in [4.78, 5) is 0. The van der Waals surface area contributed by atoms with Gasteiger partial charge in [-0.15, -0.1) is 0 Å². The molecule has 0 fully saturated rings. The van der Waals surface area contributed by atoms with E-state index in [0.717, 1.165) is 11.3 Å². The molecule has 106 valence electrons. The lowest BCUT2D eigenvalue weighted by Crippen LogP contribution is -2.07. The zero-order chi connectivity index (χ0) is 14.7. The van der Waals surface area contributed by atoms with Gasteiger partial charge in [0.15, 0.2) is 11.6 Å². The second-order valence-corrected chi connectivity index (χ2v) is 5.15. The summed E-state index contributed by atoms with van der Waals surface area (Å²) in [6, 6.07) is 10.0. The van der Waals surface area contributed by atoms with Crippen LogP contribution < -0.4 is 10.1 Å². The average Bonchev–Trinajstić information content (AvgIpc) is 2.44. The maximum Gasteiger partial charge on any atom is 0.165 e. The van der Waals surface area contributed by atoms with Gasteiger partial charge in [0.1, 0.15) is 0 Å². The molecule has 0 aliphatic heterocycles. The Morgan fingerprint density at radius 3 is 2.65 bits per heavy atom. The summed E-state index contributed by atoms with van der Waals surface area (Å²) in [5, 5.41) is 4.20. The number of methoxy groups -OCH3 is 1. The maximum absolute atomic E-state index is 13.4. The summed E-state index contributed by atoms with van der Waals surface area (Å²) in [7, 11) is 1.44. The number of hydrogen-bond donors (Lipinski definition) is 1. The molecule has 0 aliphatic carbocycles. The predicted octanol–water partition coefficient (Wildman–Crippen LogP) is 5.31. The Morgan fingerprint density at radius 2 is 1.95 bits per heavy atom. The molecule has 1 atom stereocenters. The number of anilines is 1. The third kappa shape index (κ3) is 3.17. The van der Waals surface area contributed by atoms with Gasteiger partial charge >= 0.3 is 0 Å². The monoisotopic (exact) mass is 313 g/mol. The lowest BCUT2D eigenvalue weighted by Gasteiger charge is -2.18. The van der Waals surface area contributed by atoms with Crippen LogP contribution in [0.2, 0.25) is 10.0 Å². The van der Waals surface area contributed by atoms with Gasteiger partial charge in [0.2, 0.25) is 0 Å². The zero-order valence-corrected chi connectivity index (χ0v) is 12.6. The van der Waals surface area contributed by atoms with E-state index in [1.807, 2.05) is 19.1 Å². The molecule has 0 bridgehead atoms. The molecule has 2 aromatic rings. The molecule has 2 aromatic carbocycles. The summed E-state index contributed by atoms with van der Waals surface area (Å²) in [6.07, 6.45) is 0. The first kappa shape index (κ1) is 14.9. The van der Waals surface area contributed by atoms with Gasteiger partial charge in [-0.2, -0.15) is 0 Å². The number of benzene rings is 2. The molecule has 0 aliphatic rings. The van der Waals surface area contributed by atoms with E-state index in [0.29, 0.717) is 10.0 Å². The van der Waals surface area contributed by atoms with Crippen molar-refractivity contribution in [2.24, 2.45) is 0 Å². The van der Waals surface area contributed by atoms with Gasteiger partial charge in [-0.1, -0.05) is 35.3 Å². The quantitative estimate of drug-likeness (QED) is 0.825. The fraction of sp³-hybridized carbons (Fsp3) is 0.200. The third-order valence-corrected chi connectivity index (χ3v) is 3.82. The van der Waals surface area contributed by atoms with E-state index in [1.54, 1.807) is 18.2 Å². The molecule has 2 rings (SSSR count). The Balaban J connectivity index is 2.24. The minimum absolute atomic E-state index is 0.0690. The second-order valence-electron chi connectivity index (χ2n) is 4.36. The minimum Gasteiger partial charge on any atom is -0.494 e. The highest BCUT2D eigenvalue weighted by Gasteiger charge is 2.12. The highest BCUT2D eigenvalue weighted by atomic mass is 35.5.